The Bertz CT molecular complexity index is 909. The molecule has 122 valence electrons. The van der Waals surface area contributed by atoms with Gasteiger partial charge in [-0.25, -0.2) is 18.4 Å². The van der Waals surface area contributed by atoms with Crippen molar-refractivity contribution in [2.24, 2.45) is 0 Å². The molecule has 5 nitrogen and oxygen atoms in total. The van der Waals surface area contributed by atoms with Gasteiger partial charge in [0.25, 0.3) is 5.91 Å². The van der Waals surface area contributed by atoms with Gasteiger partial charge in [0, 0.05) is 5.02 Å². The topological polar surface area (TPSA) is 59.8 Å². The lowest BCUT2D eigenvalue weighted by atomic mass is 10.3. The molecule has 0 aliphatic rings. The average molecular weight is 349 g/mol. The van der Waals surface area contributed by atoms with E-state index in [1.807, 2.05) is 0 Å². The van der Waals surface area contributed by atoms with Gasteiger partial charge < -0.3 is 5.32 Å². The molecule has 2 aromatic carbocycles. The summed E-state index contributed by atoms with van der Waals surface area (Å²) in [5, 5.41) is 6.73. The highest BCUT2D eigenvalue weighted by Gasteiger charge is 2.17. The molecule has 8 heteroatoms. The van der Waals surface area contributed by atoms with Crippen LogP contribution in [0.15, 0.2) is 42.5 Å². The Balaban J connectivity index is 1.87. The van der Waals surface area contributed by atoms with E-state index < -0.39 is 11.7 Å². The molecule has 0 radical (unpaired) electrons. The second-order valence-electron chi connectivity index (χ2n) is 4.95. The third-order valence-electron chi connectivity index (χ3n) is 3.22. The fraction of sp³-hybridized carbons (Fsp3) is 0.0625. The molecule has 1 N–H and O–H groups in total. The summed E-state index contributed by atoms with van der Waals surface area (Å²) in [4.78, 5) is 16.3. The van der Waals surface area contributed by atoms with Crippen LogP contribution in [0.2, 0.25) is 5.02 Å². The van der Waals surface area contributed by atoms with Crippen LogP contribution in [0, 0.1) is 18.6 Å². The van der Waals surface area contributed by atoms with Crippen LogP contribution in [-0.4, -0.2) is 20.7 Å². The molecule has 3 rings (SSSR count). The molecule has 0 atom stereocenters. The smallest absolute Gasteiger partial charge is 0.295 e. The second-order valence-corrected chi connectivity index (χ2v) is 5.39. The molecule has 0 fully saturated rings. The van der Waals surface area contributed by atoms with Crippen LogP contribution in [0.3, 0.4) is 0 Å². The number of aryl methyl sites for hydroxylation is 1. The Labute approximate surface area is 140 Å². The summed E-state index contributed by atoms with van der Waals surface area (Å²) < 4.78 is 28.1. The Morgan fingerprint density at radius 2 is 1.88 bits per heavy atom. The molecule has 1 aromatic heterocycles. The van der Waals surface area contributed by atoms with E-state index in [4.69, 9.17) is 11.6 Å². The Morgan fingerprint density at radius 1 is 1.17 bits per heavy atom. The summed E-state index contributed by atoms with van der Waals surface area (Å²) in [6.07, 6.45) is 0. The molecule has 0 spiro atoms. The summed E-state index contributed by atoms with van der Waals surface area (Å²) >= 11 is 5.78. The molecule has 1 heterocycles. The maximum atomic E-state index is 13.7. The van der Waals surface area contributed by atoms with Crippen LogP contribution < -0.4 is 5.32 Å². The van der Waals surface area contributed by atoms with E-state index in [0.717, 1.165) is 6.07 Å². The quantitative estimate of drug-likeness (QED) is 0.784. The number of anilines is 1. The number of nitrogens with zero attached hydrogens (tertiary/aromatic N) is 3. The molecule has 3 aromatic rings. The van der Waals surface area contributed by atoms with Gasteiger partial charge in [-0.1, -0.05) is 11.6 Å². The number of halogens is 3. The fourth-order valence-electron chi connectivity index (χ4n) is 2.08. The zero-order valence-corrected chi connectivity index (χ0v) is 13.2. The van der Waals surface area contributed by atoms with E-state index in [1.165, 1.54) is 41.1 Å². The normalized spacial score (nSPS) is 10.7. The van der Waals surface area contributed by atoms with Crippen molar-refractivity contribution in [3.05, 3.63) is 70.8 Å². The Morgan fingerprint density at radius 3 is 2.58 bits per heavy atom. The van der Waals surface area contributed by atoms with E-state index in [9.17, 15) is 13.6 Å². The lowest BCUT2D eigenvalue weighted by Crippen LogP contribution is -2.15. The lowest BCUT2D eigenvalue weighted by Gasteiger charge is -2.04. The minimum Gasteiger partial charge on any atom is -0.317 e. The van der Waals surface area contributed by atoms with Crippen molar-refractivity contribution in [2.45, 2.75) is 6.92 Å². The van der Waals surface area contributed by atoms with Gasteiger partial charge >= 0.3 is 0 Å². The summed E-state index contributed by atoms with van der Waals surface area (Å²) in [6.45, 7) is 1.65. The molecular formula is C16H11ClF2N4O. The maximum absolute atomic E-state index is 13.7. The molecule has 0 unspecified atom stereocenters. The van der Waals surface area contributed by atoms with Crippen molar-refractivity contribution in [1.82, 2.24) is 14.8 Å². The van der Waals surface area contributed by atoms with E-state index in [2.05, 4.69) is 15.4 Å². The average Bonchev–Trinajstić information content (AvgIpc) is 2.94. The van der Waals surface area contributed by atoms with Crippen LogP contribution in [0.4, 0.5) is 14.5 Å². The molecule has 0 aliphatic heterocycles. The number of carbonyl (C=O) groups excluding carboxylic acids is 1. The largest absolute Gasteiger partial charge is 0.317 e. The molecule has 0 saturated carbocycles. The minimum atomic E-state index is -0.680. The highest BCUT2D eigenvalue weighted by molar-refractivity contribution is 6.30. The van der Waals surface area contributed by atoms with Crippen molar-refractivity contribution < 1.29 is 13.6 Å². The number of carbonyl (C=O) groups is 1. The molecule has 1 amide bonds. The third kappa shape index (κ3) is 3.26. The number of aromatic nitrogens is 3. The number of rotatable bonds is 3. The van der Waals surface area contributed by atoms with Gasteiger partial charge in [-0.15, -0.1) is 5.10 Å². The van der Waals surface area contributed by atoms with Crippen LogP contribution in [0.5, 0.6) is 0 Å². The maximum Gasteiger partial charge on any atom is 0.295 e. The van der Waals surface area contributed by atoms with Crippen molar-refractivity contribution in [2.75, 3.05) is 5.32 Å². The van der Waals surface area contributed by atoms with Crippen molar-refractivity contribution in [3.63, 3.8) is 0 Å². The minimum absolute atomic E-state index is 0.0664. The van der Waals surface area contributed by atoms with Crippen molar-refractivity contribution in [3.8, 4) is 5.69 Å². The van der Waals surface area contributed by atoms with Crippen LogP contribution >= 0.6 is 11.6 Å². The molecule has 0 aliphatic carbocycles. The predicted molar refractivity (Wildman–Crippen MR) is 85.4 cm³/mol. The second kappa shape index (κ2) is 6.37. The van der Waals surface area contributed by atoms with Crippen LogP contribution in [0.25, 0.3) is 5.69 Å². The molecule has 24 heavy (non-hydrogen) atoms. The van der Waals surface area contributed by atoms with Gasteiger partial charge in [-0.05, 0) is 49.4 Å². The first-order valence-electron chi connectivity index (χ1n) is 6.90. The van der Waals surface area contributed by atoms with Gasteiger partial charge in [-0.3, -0.25) is 4.79 Å². The monoisotopic (exact) mass is 348 g/mol. The molecule has 0 saturated heterocycles. The summed E-state index contributed by atoms with van der Waals surface area (Å²) in [5.74, 6) is -1.40. The first-order chi connectivity index (χ1) is 11.4. The van der Waals surface area contributed by atoms with Gasteiger partial charge in [0.05, 0.1) is 11.4 Å². The van der Waals surface area contributed by atoms with E-state index >= 15 is 0 Å². The standard InChI is InChI=1S/C16H11ClF2N4O/c1-9-20-15(22-23(9)12-5-3-11(18)4-6-12)16(24)21-14-8-10(17)2-7-13(14)19/h2-8H,1H3,(H,21,24). The van der Waals surface area contributed by atoms with Gasteiger partial charge in [0.15, 0.2) is 0 Å². The number of hydrogen-bond acceptors (Lipinski definition) is 3. The Hall–Kier alpha value is -2.80. The molecular weight excluding hydrogens is 338 g/mol. The number of hydrogen-bond donors (Lipinski definition) is 1. The van der Waals surface area contributed by atoms with Crippen LogP contribution in [0.1, 0.15) is 16.4 Å². The van der Waals surface area contributed by atoms with Crippen molar-refractivity contribution >= 4 is 23.2 Å². The van der Waals surface area contributed by atoms with E-state index in [-0.39, 0.29) is 22.4 Å². The zero-order valence-electron chi connectivity index (χ0n) is 12.4. The van der Waals surface area contributed by atoms with Gasteiger partial charge in [0.2, 0.25) is 5.82 Å². The SMILES string of the molecule is Cc1nc(C(=O)Nc2cc(Cl)ccc2F)nn1-c1ccc(F)cc1. The molecule has 0 bridgehead atoms. The number of nitrogens with one attached hydrogen (secondary N) is 1. The van der Waals surface area contributed by atoms with Crippen LogP contribution in [-0.2, 0) is 0 Å². The zero-order chi connectivity index (χ0) is 17.3. The highest BCUT2D eigenvalue weighted by Crippen LogP contribution is 2.20. The highest BCUT2D eigenvalue weighted by atomic mass is 35.5. The first-order valence-corrected chi connectivity index (χ1v) is 7.28. The summed E-state index contributed by atoms with van der Waals surface area (Å²) in [7, 11) is 0. The summed E-state index contributed by atoms with van der Waals surface area (Å²) in [6, 6.07) is 9.38. The van der Waals surface area contributed by atoms with Crippen molar-refractivity contribution in [1.29, 1.82) is 0 Å². The Kier molecular flexibility index (Phi) is 4.26. The number of benzene rings is 2. The van der Waals surface area contributed by atoms with E-state index in [1.54, 1.807) is 6.92 Å². The predicted octanol–water partition coefficient (Wildman–Crippen LogP) is 3.76. The lowest BCUT2D eigenvalue weighted by molar-refractivity contribution is 0.101. The fourth-order valence-corrected chi connectivity index (χ4v) is 2.26. The third-order valence-corrected chi connectivity index (χ3v) is 3.45. The first kappa shape index (κ1) is 16.1. The van der Waals surface area contributed by atoms with Gasteiger partial charge in [-0.2, -0.15) is 0 Å². The summed E-state index contributed by atoms with van der Waals surface area (Å²) in [5.41, 5.74) is 0.484. The van der Waals surface area contributed by atoms with Gasteiger partial charge in [0.1, 0.15) is 17.5 Å². The van der Waals surface area contributed by atoms with E-state index in [0.29, 0.717) is 11.5 Å². The number of amides is 1.